The second-order valence-electron chi connectivity index (χ2n) is 7.15. The maximum atomic E-state index is 12.6. The summed E-state index contributed by atoms with van der Waals surface area (Å²) in [5, 5.41) is 3.12. The molecule has 5 nitrogen and oxygen atoms in total. The smallest absolute Gasteiger partial charge is 0.253 e. The van der Waals surface area contributed by atoms with Gasteiger partial charge in [-0.25, -0.2) is 0 Å². The summed E-state index contributed by atoms with van der Waals surface area (Å²) in [6, 6.07) is 9.43. The molecule has 0 saturated carbocycles. The summed E-state index contributed by atoms with van der Waals surface area (Å²) in [6.07, 6.45) is 5.58. The molecule has 2 aliphatic rings. The second kappa shape index (κ2) is 8.99. The van der Waals surface area contributed by atoms with Crippen molar-refractivity contribution < 1.29 is 14.3 Å². The summed E-state index contributed by atoms with van der Waals surface area (Å²) < 4.78 is 5.47. The number of carbonyl (C=O) groups is 2. The van der Waals surface area contributed by atoms with Crippen molar-refractivity contribution in [1.82, 2.24) is 10.2 Å². The predicted octanol–water partition coefficient (Wildman–Crippen LogP) is 2.61. The fourth-order valence-electron chi connectivity index (χ4n) is 3.71. The van der Waals surface area contributed by atoms with E-state index in [0.29, 0.717) is 24.4 Å². The Morgan fingerprint density at radius 2 is 2.00 bits per heavy atom. The monoisotopic (exact) mass is 344 g/mol. The van der Waals surface area contributed by atoms with Crippen LogP contribution in [0, 0.1) is 5.92 Å². The number of carbonyl (C=O) groups excluding carboxylic acids is 2. The molecule has 0 radical (unpaired) electrons. The molecule has 25 heavy (non-hydrogen) atoms. The van der Waals surface area contributed by atoms with Crippen LogP contribution in [-0.4, -0.2) is 49.1 Å². The highest BCUT2D eigenvalue weighted by atomic mass is 16.5. The van der Waals surface area contributed by atoms with Gasteiger partial charge in [-0.1, -0.05) is 18.2 Å². The zero-order valence-electron chi connectivity index (χ0n) is 14.8. The van der Waals surface area contributed by atoms with Gasteiger partial charge in [0.1, 0.15) is 0 Å². The number of nitrogens with zero attached hydrogens (tertiary/aromatic N) is 1. The molecule has 3 rings (SSSR count). The molecule has 2 atom stereocenters. The molecular formula is C20H28N2O3. The van der Waals surface area contributed by atoms with Gasteiger partial charge in [-0.05, 0) is 50.2 Å². The lowest BCUT2D eigenvalue weighted by Crippen LogP contribution is -2.49. The minimum absolute atomic E-state index is 0.0545. The molecular weight excluding hydrogens is 316 g/mol. The Morgan fingerprint density at radius 3 is 2.76 bits per heavy atom. The first-order valence-corrected chi connectivity index (χ1v) is 9.44. The predicted molar refractivity (Wildman–Crippen MR) is 96.3 cm³/mol. The first-order chi connectivity index (χ1) is 12.2. The molecule has 0 bridgehead atoms. The van der Waals surface area contributed by atoms with E-state index >= 15 is 0 Å². The zero-order chi connectivity index (χ0) is 17.5. The lowest BCUT2D eigenvalue weighted by atomic mass is 9.96. The van der Waals surface area contributed by atoms with Crippen molar-refractivity contribution in [3.63, 3.8) is 0 Å². The molecule has 0 aliphatic carbocycles. The van der Waals surface area contributed by atoms with E-state index in [4.69, 9.17) is 4.74 Å². The Kier molecular flexibility index (Phi) is 6.45. The van der Waals surface area contributed by atoms with E-state index in [1.807, 2.05) is 35.2 Å². The van der Waals surface area contributed by atoms with Gasteiger partial charge >= 0.3 is 0 Å². The maximum absolute atomic E-state index is 12.6. The molecule has 0 aromatic heterocycles. The molecule has 1 aromatic rings. The van der Waals surface area contributed by atoms with Gasteiger partial charge in [-0.2, -0.15) is 0 Å². The summed E-state index contributed by atoms with van der Waals surface area (Å²) in [5.74, 6) is 0.672. The van der Waals surface area contributed by atoms with Crippen molar-refractivity contribution in [2.24, 2.45) is 5.92 Å². The average molecular weight is 344 g/mol. The number of piperidine rings is 1. The highest BCUT2D eigenvalue weighted by Gasteiger charge is 2.25. The van der Waals surface area contributed by atoms with Crippen molar-refractivity contribution in [2.75, 3.05) is 26.3 Å². The highest BCUT2D eigenvalue weighted by Crippen LogP contribution is 2.19. The van der Waals surface area contributed by atoms with Crippen molar-refractivity contribution in [3.05, 3.63) is 35.9 Å². The van der Waals surface area contributed by atoms with Gasteiger partial charge < -0.3 is 15.0 Å². The van der Waals surface area contributed by atoms with Gasteiger partial charge in [-0.3, -0.25) is 9.59 Å². The van der Waals surface area contributed by atoms with Crippen LogP contribution in [0.4, 0.5) is 0 Å². The summed E-state index contributed by atoms with van der Waals surface area (Å²) >= 11 is 0. The summed E-state index contributed by atoms with van der Waals surface area (Å²) in [6.45, 7) is 3.01. The van der Waals surface area contributed by atoms with Crippen molar-refractivity contribution in [3.8, 4) is 0 Å². The van der Waals surface area contributed by atoms with E-state index in [1.54, 1.807) is 0 Å². The van der Waals surface area contributed by atoms with Crippen molar-refractivity contribution in [2.45, 2.75) is 44.6 Å². The van der Waals surface area contributed by atoms with Crippen LogP contribution in [0.25, 0.3) is 0 Å². The van der Waals surface area contributed by atoms with Gasteiger partial charge in [0, 0.05) is 44.3 Å². The van der Waals surface area contributed by atoms with E-state index in [1.165, 1.54) is 0 Å². The van der Waals surface area contributed by atoms with Crippen LogP contribution < -0.4 is 5.32 Å². The van der Waals surface area contributed by atoms with Crippen LogP contribution >= 0.6 is 0 Å². The standard InChI is InChI=1S/C20H28N2O3/c23-19(11-10-16-6-5-13-25-15-16)21-18-9-4-12-22(14-18)20(24)17-7-2-1-3-8-17/h1-3,7-8,16,18H,4-6,9-15H2,(H,21,23)/t16-,18-/m1/s1. The van der Waals surface area contributed by atoms with Gasteiger partial charge in [0.2, 0.25) is 5.91 Å². The van der Waals surface area contributed by atoms with E-state index < -0.39 is 0 Å². The molecule has 1 aromatic carbocycles. The molecule has 0 spiro atoms. The molecule has 2 heterocycles. The van der Waals surface area contributed by atoms with Crippen LogP contribution in [0.15, 0.2) is 30.3 Å². The Labute approximate surface area is 149 Å². The highest BCUT2D eigenvalue weighted by molar-refractivity contribution is 5.94. The SMILES string of the molecule is O=C(CC[C@H]1CCCOC1)N[C@@H]1CCCN(C(=O)c2ccccc2)C1. The topological polar surface area (TPSA) is 58.6 Å². The zero-order valence-corrected chi connectivity index (χ0v) is 14.8. The van der Waals surface area contributed by atoms with Crippen molar-refractivity contribution in [1.29, 1.82) is 0 Å². The molecule has 2 saturated heterocycles. The molecule has 0 unspecified atom stereocenters. The van der Waals surface area contributed by atoms with Gasteiger partial charge in [-0.15, -0.1) is 0 Å². The Morgan fingerprint density at radius 1 is 1.16 bits per heavy atom. The van der Waals surface area contributed by atoms with E-state index in [0.717, 1.165) is 51.9 Å². The Bertz CT molecular complexity index is 570. The fraction of sp³-hybridized carbons (Fsp3) is 0.600. The van der Waals surface area contributed by atoms with Crippen molar-refractivity contribution >= 4 is 11.8 Å². The summed E-state index contributed by atoms with van der Waals surface area (Å²) in [4.78, 5) is 26.7. The first kappa shape index (κ1) is 17.9. The van der Waals surface area contributed by atoms with Crippen LogP contribution in [0.1, 0.15) is 48.9 Å². The Hall–Kier alpha value is -1.88. The molecule has 5 heteroatoms. The van der Waals surface area contributed by atoms with Gasteiger partial charge in [0.15, 0.2) is 0 Å². The molecule has 136 valence electrons. The number of amides is 2. The number of ether oxygens (including phenoxy) is 1. The van der Waals surface area contributed by atoms with Gasteiger partial charge in [0.25, 0.3) is 5.91 Å². The number of hydrogen-bond acceptors (Lipinski definition) is 3. The maximum Gasteiger partial charge on any atom is 0.253 e. The number of benzene rings is 1. The molecule has 2 fully saturated rings. The van der Waals surface area contributed by atoms with Crippen LogP contribution in [-0.2, 0) is 9.53 Å². The second-order valence-corrected chi connectivity index (χ2v) is 7.15. The van der Waals surface area contributed by atoms with E-state index in [2.05, 4.69) is 5.32 Å². The molecule has 2 aliphatic heterocycles. The fourth-order valence-corrected chi connectivity index (χ4v) is 3.71. The normalized spacial score (nSPS) is 23.9. The Balaban J connectivity index is 1.44. The summed E-state index contributed by atoms with van der Waals surface area (Å²) in [5.41, 5.74) is 0.715. The van der Waals surface area contributed by atoms with E-state index in [9.17, 15) is 9.59 Å². The van der Waals surface area contributed by atoms with Gasteiger partial charge in [0.05, 0.1) is 0 Å². The third-order valence-electron chi connectivity index (χ3n) is 5.13. The number of nitrogens with one attached hydrogen (secondary N) is 1. The third kappa shape index (κ3) is 5.30. The number of hydrogen-bond donors (Lipinski definition) is 1. The largest absolute Gasteiger partial charge is 0.381 e. The minimum Gasteiger partial charge on any atom is -0.381 e. The van der Waals surface area contributed by atoms with Crippen LogP contribution in [0.5, 0.6) is 0 Å². The number of likely N-dealkylation sites (tertiary alicyclic amines) is 1. The lowest BCUT2D eigenvalue weighted by Gasteiger charge is -2.33. The summed E-state index contributed by atoms with van der Waals surface area (Å²) in [7, 11) is 0. The average Bonchev–Trinajstić information content (AvgIpc) is 2.67. The first-order valence-electron chi connectivity index (χ1n) is 9.44. The molecule has 2 amide bonds. The van der Waals surface area contributed by atoms with Crippen LogP contribution in [0.3, 0.4) is 0 Å². The molecule has 1 N–H and O–H groups in total. The van der Waals surface area contributed by atoms with Crippen LogP contribution in [0.2, 0.25) is 0 Å². The quantitative estimate of drug-likeness (QED) is 0.893. The third-order valence-corrected chi connectivity index (χ3v) is 5.13. The van der Waals surface area contributed by atoms with E-state index in [-0.39, 0.29) is 17.9 Å². The number of rotatable bonds is 5. The lowest BCUT2D eigenvalue weighted by molar-refractivity contribution is -0.122. The minimum atomic E-state index is 0.0545.